The van der Waals surface area contributed by atoms with Gasteiger partial charge in [0.15, 0.2) is 0 Å². The van der Waals surface area contributed by atoms with Crippen molar-refractivity contribution in [3.8, 4) is 17.2 Å². The van der Waals surface area contributed by atoms with Crippen LogP contribution in [0, 0.1) is 17.2 Å². The van der Waals surface area contributed by atoms with Gasteiger partial charge in [0.1, 0.15) is 0 Å². The number of rotatable bonds is 5. The van der Waals surface area contributed by atoms with E-state index in [9.17, 15) is 9.59 Å². The minimum absolute atomic E-state index is 0.220. The van der Waals surface area contributed by atoms with Crippen LogP contribution in [0.1, 0.15) is 39.1 Å². The summed E-state index contributed by atoms with van der Waals surface area (Å²) < 4.78 is 4.83. The molecular weight excluding hydrogens is 354 g/mol. The standard InChI is InChI=1S/C22H23N3O3/c1-28-22(27)20-11-18(17-4-2-3-16(9-17)13-23)10-19(12-20)21(26)25-14-15-5-7-24-8-6-15/h2-4,9-12,15,24H,5-8,14H2,1H3,(H,25,26). The van der Waals surface area contributed by atoms with Gasteiger partial charge in [-0.25, -0.2) is 4.79 Å². The molecule has 1 amide bonds. The normalized spacial score (nSPS) is 14.1. The molecule has 1 aliphatic rings. The first-order valence-electron chi connectivity index (χ1n) is 9.33. The number of ether oxygens (including phenoxy) is 1. The summed E-state index contributed by atoms with van der Waals surface area (Å²) >= 11 is 0. The second-order valence-corrected chi connectivity index (χ2v) is 6.89. The summed E-state index contributed by atoms with van der Waals surface area (Å²) in [5.74, 6) is -0.270. The molecular formula is C22H23N3O3. The first-order chi connectivity index (χ1) is 13.6. The molecule has 0 saturated carbocycles. The predicted molar refractivity (Wildman–Crippen MR) is 106 cm³/mol. The van der Waals surface area contributed by atoms with E-state index in [0.717, 1.165) is 31.5 Å². The molecule has 0 spiro atoms. The van der Waals surface area contributed by atoms with E-state index in [1.54, 1.807) is 36.4 Å². The predicted octanol–water partition coefficient (Wildman–Crippen LogP) is 2.74. The Bertz CT molecular complexity index is 911. The number of hydrogen-bond donors (Lipinski definition) is 2. The van der Waals surface area contributed by atoms with Crippen molar-refractivity contribution in [2.24, 2.45) is 5.92 Å². The van der Waals surface area contributed by atoms with Crippen LogP contribution in [0.25, 0.3) is 11.1 Å². The molecule has 1 aliphatic heterocycles. The molecule has 1 saturated heterocycles. The lowest BCUT2D eigenvalue weighted by atomic mass is 9.97. The number of amides is 1. The topological polar surface area (TPSA) is 91.2 Å². The summed E-state index contributed by atoms with van der Waals surface area (Å²) in [6, 6.07) is 14.1. The van der Waals surface area contributed by atoms with Gasteiger partial charge in [-0.05, 0) is 73.3 Å². The number of methoxy groups -OCH3 is 1. The lowest BCUT2D eigenvalue weighted by Crippen LogP contribution is -2.36. The molecule has 0 radical (unpaired) electrons. The number of esters is 1. The van der Waals surface area contributed by atoms with Crippen LogP contribution in [-0.2, 0) is 4.74 Å². The van der Waals surface area contributed by atoms with Gasteiger partial charge in [0.25, 0.3) is 5.91 Å². The molecule has 6 nitrogen and oxygen atoms in total. The van der Waals surface area contributed by atoms with E-state index >= 15 is 0 Å². The Morgan fingerprint density at radius 1 is 1.14 bits per heavy atom. The van der Waals surface area contributed by atoms with Gasteiger partial charge in [-0.3, -0.25) is 4.79 Å². The summed E-state index contributed by atoms with van der Waals surface area (Å²) in [5, 5.41) is 15.4. The van der Waals surface area contributed by atoms with Gasteiger partial charge in [0.2, 0.25) is 0 Å². The van der Waals surface area contributed by atoms with Crippen molar-refractivity contribution in [3.05, 3.63) is 59.2 Å². The Kier molecular flexibility index (Phi) is 6.41. The highest BCUT2D eigenvalue weighted by Gasteiger charge is 2.17. The van der Waals surface area contributed by atoms with Gasteiger partial charge in [-0.2, -0.15) is 5.26 Å². The number of hydrogen-bond acceptors (Lipinski definition) is 5. The molecule has 0 aromatic heterocycles. The SMILES string of the molecule is COC(=O)c1cc(C(=O)NCC2CCNCC2)cc(-c2cccc(C#N)c2)c1. The van der Waals surface area contributed by atoms with Crippen molar-refractivity contribution in [1.29, 1.82) is 5.26 Å². The van der Waals surface area contributed by atoms with Gasteiger partial charge in [0, 0.05) is 12.1 Å². The third kappa shape index (κ3) is 4.76. The maximum atomic E-state index is 12.7. The number of benzene rings is 2. The van der Waals surface area contributed by atoms with Crippen LogP contribution < -0.4 is 10.6 Å². The third-order valence-corrected chi connectivity index (χ3v) is 4.95. The Balaban J connectivity index is 1.87. The fourth-order valence-corrected chi connectivity index (χ4v) is 3.35. The number of carbonyl (C=O) groups excluding carboxylic acids is 2. The highest BCUT2D eigenvalue weighted by atomic mass is 16.5. The first-order valence-corrected chi connectivity index (χ1v) is 9.33. The molecule has 0 atom stereocenters. The summed E-state index contributed by atoms with van der Waals surface area (Å²) in [6.07, 6.45) is 2.07. The smallest absolute Gasteiger partial charge is 0.337 e. The van der Waals surface area contributed by atoms with Crippen LogP contribution in [0.2, 0.25) is 0 Å². The molecule has 2 aromatic carbocycles. The van der Waals surface area contributed by atoms with E-state index < -0.39 is 5.97 Å². The quantitative estimate of drug-likeness (QED) is 0.782. The Morgan fingerprint density at radius 2 is 1.89 bits per heavy atom. The van der Waals surface area contributed by atoms with Crippen LogP contribution in [0.3, 0.4) is 0 Å². The zero-order valence-corrected chi connectivity index (χ0v) is 15.8. The summed E-state index contributed by atoms with van der Waals surface area (Å²) in [4.78, 5) is 24.8. The molecule has 0 aliphatic carbocycles. The number of nitrogens with zero attached hydrogens (tertiary/aromatic N) is 1. The average molecular weight is 377 g/mol. The van der Waals surface area contributed by atoms with Crippen molar-refractivity contribution in [2.45, 2.75) is 12.8 Å². The molecule has 3 rings (SSSR count). The molecule has 144 valence electrons. The second-order valence-electron chi connectivity index (χ2n) is 6.89. The highest BCUT2D eigenvalue weighted by Crippen LogP contribution is 2.24. The molecule has 6 heteroatoms. The van der Waals surface area contributed by atoms with E-state index in [1.165, 1.54) is 7.11 Å². The summed E-state index contributed by atoms with van der Waals surface area (Å²) in [7, 11) is 1.31. The van der Waals surface area contributed by atoms with Crippen LogP contribution in [0.4, 0.5) is 0 Å². The highest BCUT2D eigenvalue weighted by molar-refractivity contribution is 5.99. The van der Waals surface area contributed by atoms with E-state index in [4.69, 9.17) is 10.00 Å². The molecule has 1 fully saturated rings. The Hall–Kier alpha value is -3.17. The minimum Gasteiger partial charge on any atom is -0.465 e. The van der Waals surface area contributed by atoms with Crippen LogP contribution in [0.5, 0.6) is 0 Å². The molecule has 28 heavy (non-hydrogen) atoms. The third-order valence-electron chi connectivity index (χ3n) is 4.95. The van der Waals surface area contributed by atoms with Gasteiger partial charge >= 0.3 is 5.97 Å². The van der Waals surface area contributed by atoms with Crippen LogP contribution in [-0.4, -0.2) is 38.6 Å². The maximum absolute atomic E-state index is 12.7. The Labute approximate surface area is 164 Å². The van der Waals surface area contributed by atoms with Crippen molar-refractivity contribution >= 4 is 11.9 Å². The van der Waals surface area contributed by atoms with Crippen molar-refractivity contribution in [3.63, 3.8) is 0 Å². The van der Waals surface area contributed by atoms with E-state index in [1.807, 2.05) is 6.07 Å². The number of piperidine rings is 1. The minimum atomic E-state index is -0.509. The maximum Gasteiger partial charge on any atom is 0.337 e. The van der Waals surface area contributed by atoms with Gasteiger partial charge in [0.05, 0.1) is 24.3 Å². The zero-order valence-electron chi connectivity index (χ0n) is 15.8. The molecule has 2 N–H and O–H groups in total. The monoisotopic (exact) mass is 377 g/mol. The van der Waals surface area contributed by atoms with Crippen molar-refractivity contribution in [1.82, 2.24) is 10.6 Å². The zero-order chi connectivity index (χ0) is 19.9. The van der Waals surface area contributed by atoms with E-state index in [2.05, 4.69) is 16.7 Å². The fraction of sp³-hybridized carbons (Fsp3) is 0.318. The first kappa shape index (κ1) is 19.6. The second kappa shape index (κ2) is 9.16. The fourth-order valence-electron chi connectivity index (χ4n) is 3.35. The van der Waals surface area contributed by atoms with Gasteiger partial charge in [-0.1, -0.05) is 12.1 Å². The van der Waals surface area contributed by atoms with Crippen molar-refractivity contribution < 1.29 is 14.3 Å². The van der Waals surface area contributed by atoms with E-state index in [0.29, 0.717) is 34.7 Å². The average Bonchev–Trinajstić information content (AvgIpc) is 2.77. The van der Waals surface area contributed by atoms with Crippen LogP contribution >= 0.6 is 0 Å². The van der Waals surface area contributed by atoms with Gasteiger partial charge in [-0.15, -0.1) is 0 Å². The molecule has 0 unspecified atom stereocenters. The molecule has 2 aromatic rings. The number of nitriles is 1. The molecule has 1 heterocycles. The van der Waals surface area contributed by atoms with E-state index in [-0.39, 0.29) is 5.91 Å². The summed E-state index contributed by atoms with van der Waals surface area (Å²) in [6.45, 7) is 2.55. The van der Waals surface area contributed by atoms with Gasteiger partial charge < -0.3 is 15.4 Å². The summed E-state index contributed by atoms with van der Waals surface area (Å²) in [5.41, 5.74) is 2.66. The lowest BCUT2D eigenvalue weighted by molar-refractivity contribution is 0.0600. The molecule has 0 bridgehead atoms. The lowest BCUT2D eigenvalue weighted by Gasteiger charge is -2.22. The van der Waals surface area contributed by atoms with Crippen LogP contribution in [0.15, 0.2) is 42.5 Å². The number of carbonyl (C=O) groups is 2. The number of nitrogens with one attached hydrogen (secondary N) is 2. The Morgan fingerprint density at radius 3 is 2.61 bits per heavy atom. The largest absolute Gasteiger partial charge is 0.465 e. The van der Waals surface area contributed by atoms with Crippen molar-refractivity contribution in [2.75, 3.05) is 26.7 Å².